The Morgan fingerprint density at radius 2 is 1.47 bits per heavy atom. The van der Waals surface area contributed by atoms with Gasteiger partial charge in [0.25, 0.3) is 17.7 Å². The lowest BCUT2D eigenvalue weighted by molar-refractivity contribution is -0.124. The van der Waals surface area contributed by atoms with Crippen molar-refractivity contribution < 1.29 is 23.9 Å². The van der Waals surface area contributed by atoms with Crippen LogP contribution in [0.1, 0.15) is 41.0 Å². The van der Waals surface area contributed by atoms with Gasteiger partial charge in [0, 0.05) is 17.2 Å². The Bertz CT molecular complexity index is 863. The van der Waals surface area contributed by atoms with Crippen LogP contribution in [0, 0.1) is 5.92 Å². The maximum Gasteiger partial charge on any atom is 0.269 e. The van der Waals surface area contributed by atoms with Crippen molar-refractivity contribution in [3.8, 4) is 11.5 Å². The van der Waals surface area contributed by atoms with Crippen LogP contribution in [0.5, 0.6) is 11.5 Å². The van der Waals surface area contributed by atoms with Gasteiger partial charge >= 0.3 is 0 Å². The van der Waals surface area contributed by atoms with E-state index in [0.717, 1.165) is 0 Å². The Labute approximate surface area is 175 Å². The Morgan fingerprint density at radius 1 is 0.867 bits per heavy atom. The summed E-state index contributed by atoms with van der Waals surface area (Å²) in [5.41, 5.74) is 5.47. The van der Waals surface area contributed by atoms with E-state index in [2.05, 4.69) is 16.2 Å². The molecule has 0 saturated heterocycles. The fourth-order valence-electron chi connectivity index (χ4n) is 2.72. The van der Waals surface area contributed by atoms with E-state index >= 15 is 0 Å². The maximum atomic E-state index is 12.7. The smallest absolute Gasteiger partial charge is 0.269 e. The molecule has 30 heavy (non-hydrogen) atoms. The fourth-order valence-corrected chi connectivity index (χ4v) is 2.72. The molecule has 2 atom stereocenters. The molecular weight excluding hydrogens is 386 g/mol. The number of ether oxygens (including phenoxy) is 2. The summed E-state index contributed by atoms with van der Waals surface area (Å²) in [7, 11) is 2.95. The Morgan fingerprint density at radius 3 is 2.00 bits per heavy atom. The number of hydrogen-bond donors (Lipinski definition) is 3. The van der Waals surface area contributed by atoms with E-state index in [1.807, 2.05) is 13.8 Å². The molecular formula is C22H27N3O5. The number of carbonyl (C=O) groups excluding carboxylic acids is 3. The van der Waals surface area contributed by atoms with Gasteiger partial charge in [0.05, 0.1) is 14.2 Å². The molecule has 0 saturated carbocycles. The highest BCUT2D eigenvalue weighted by Gasteiger charge is 2.26. The minimum absolute atomic E-state index is 0.147. The highest BCUT2D eigenvalue weighted by atomic mass is 16.5. The van der Waals surface area contributed by atoms with Gasteiger partial charge in [-0.3, -0.25) is 25.2 Å². The second-order valence-corrected chi connectivity index (χ2v) is 6.75. The van der Waals surface area contributed by atoms with Crippen molar-refractivity contribution in [2.45, 2.75) is 26.3 Å². The van der Waals surface area contributed by atoms with Crippen LogP contribution in [0.2, 0.25) is 0 Å². The number of carbonyl (C=O) groups is 3. The molecule has 0 aliphatic heterocycles. The first-order chi connectivity index (χ1) is 14.4. The minimum Gasteiger partial charge on any atom is -0.497 e. The molecule has 2 rings (SSSR count). The van der Waals surface area contributed by atoms with Crippen molar-refractivity contribution in [3.63, 3.8) is 0 Å². The molecule has 0 radical (unpaired) electrons. The van der Waals surface area contributed by atoms with E-state index in [4.69, 9.17) is 9.47 Å². The molecule has 8 heteroatoms. The van der Waals surface area contributed by atoms with Gasteiger partial charge in [0.2, 0.25) is 0 Å². The zero-order valence-corrected chi connectivity index (χ0v) is 17.5. The molecule has 2 aromatic rings. The Hall–Kier alpha value is -3.55. The van der Waals surface area contributed by atoms with Gasteiger partial charge < -0.3 is 14.8 Å². The third-order valence-corrected chi connectivity index (χ3v) is 4.73. The minimum atomic E-state index is -0.817. The topological polar surface area (TPSA) is 106 Å². The molecule has 0 fully saturated rings. The summed E-state index contributed by atoms with van der Waals surface area (Å²) in [6.45, 7) is 3.77. The van der Waals surface area contributed by atoms with Crippen LogP contribution in [-0.4, -0.2) is 38.0 Å². The van der Waals surface area contributed by atoms with E-state index in [0.29, 0.717) is 23.5 Å². The molecule has 0 heterocycles. The van der Waals surface area contributed by atoms with E-state index in [-0.39, 0.29) is 17.4 Å². The summed E-state index contributed by atoms with van der Waals surface area (Å²) < 4.78 is 10.3. The molecule has 3 amide bonds. The van der Waals surface area contributed by atoms with Crippen molar-refractivity contribution in [2.75, 3.05) is 14.2 Å². The SMILES string of the molecule is CC[C@H](C)[C@H](NC(=O)c1ccccc1)C(=O)NNC(=O)c1cc(OC)cc(OC)c1. The predicted molar refractivity (Wildman–Crippen MR) is 112 cm³/mol. The van der Waals surface area contributed by atoms with Gasteiger partial charge in [-0.15, -0.1) is 0 Å². The zero-order valence-electron chi connectivity index (χ0n) is 17.5. The second kappa shape index (κ2) is 10.8. The van der Waals surface area contributed by atoms with Gasteiger partial charge in [-0.05, 0) is 30.2 Å². The lowest BCUT2D eigenvalue weighted by Gasteiger charge is -2.23. The van der Waals surface area contributed by atoms with Crippen molar-refractivity contribution in [1.29, 1.82) is 0 Å². The monoisotopic (exact) mass is 413 g/mol. The Balaban J connectivity index is 2.07. The molecule has 0 bridgehead atoms. The predicted octanol–water partition coefficient (Wildman–Crippen LogP) is 2.31. The van der Waals surface area contributed by atoms with Crippen LogP contribution in [0.3, 0.4) is 0 Å². The number of hydrazine groups is 1. The summed E-state index contributed by atoms with van der Waals surface area (Å²) in [5.74, 6) is -0.682. The summed E-state index contributed by atoms with van der Waals surface area (Å²) in [5, 5.41) is 2.74. The van der Waals surface area contributed by atoms with Crippen LogP contribution in [0.4, 0.5) is 0 Å². The highest BCUT2D eigenvalue weighted by molar-refractivity contribution is 5.99. The fraction of sp³-hybridized carbons (Fsp3) is 0.318. The van der Waals surface area contributed by atoms with Gasteiger partial charge in [-0.2, -0.15) is 0 Å². The first kappa shape index (κ1) is 22.7. The largest absolute Gasteiger partial charge is 0.497 e. The van der Waals surface area contributed by atoms with Crippen LogP contribution < -0.4 is 25.6 Å². The number of hydrogen-bond acceptors (Lipinski definition) is 5. The number of rotatable bonds is 8. The number of methoxy groups -OCH3 is 2. The molecule has 0 aliphatic carbocycles. The third kappa shape index (κ3) is 5.97. The summed E-state index contributed by atoms with van der Waals surface area (Å²) >= 11 is 0. The average Bonchev–Trinajstić information content (AvgIpc) is 2.80. The van der Waals surface area contributed by atoms with Crippen molar-refractivity contribution in [1.82, 2.24) is 16.2 Å². The molecule has 0 aromatic heterocycles. The van der Waals surface area contributed by atoms with Crippen LogP contribution in [-0.2, 0) is 4.79 Å². The van der Waals surface area contributed by atoms with Crippen molar-refractivity contribution in [2.24, 2.45) is 5.92 Å². The third-order valence-electron chi connectivity index (χ3n) is 4.73. The average molecular weight is 413 g/mol. The molecule has 2 aromatic carbocycles. The standard InChI is InChI=1S/C22H27N3O5/c1-5-14(2)19(23-20(26)15-9-7-6-8-10-15)22(28)25-24-21(27)16-11-17(29-3)13-18(12-16)30-4/h6-14,19H,5H2,1-4H3,(H,23,26)(H,24,27)(H,25,28)/t14-,19-/m0/s1. The first-order valence-electron chi connectivity index (χ1n) is 9.58. The lowest BCUT2D eigenvalue weighted by Crippen LogP contribution is -2.54. The second-order valence-electron chi connectivity index (χ2n) is 6.75. The van der Waals surface area contributed by atoms with Crippen LogP contribution >= 0.6 is 0 Å². The van der Waals surface area contributed by atoms with Gasteiger partial charge in [0.1, 0.15) is 17.5 Å². The molecule has 0 aliphatic rings. The molecule has 0 spiro atoms. The molecule has 8 nitrogen and oxygen atoms in total. The van der Waals surface area contributed by atoms with E-state index in [1.54, 1.807) is 36.4 Å². The number of benzene rings is 2. The number of nitrogens with one attached hydrogen (secondary N) is 3. The normalized spacial score (nSPS) is 12.3. The van der Waals surface area contributed by atoms with E-state index in [9.17, 15) is 14.4 Å². The highest BCUT2D eigenvalue weighted by Crippen LogP contribution is 2.22. The Kier molecular flexibility index (Phi) is 8.22. The van der Waals surface area contributed by atoms with E-state index in [1.165, 1.54) is 26.4 Å². The van der Waals surface area contributed by atoms with Crippen LogP contribution in [0.15, 0.2) is 48.5 Å². The van der Waals surface area contributed by atoms with Gasteiger partial charge in [-0.25, -0.2) is 0 Å². The molecule has 0 unspecified atom stereocenters. The van der Waals surface area contributed by atoms with Crippen molar-refractivity contribution >= 4 is 17.7 Å². The zero-order chi connectivity index (χ0) is 22.1. The van der Waals surface area contributed by atoms with E-state index < -0.39 is 17.9 Å². The van der Waals surface area contributed by atoms with Crippen LogP contribution in [0.25, 0.3) is 0 Å². The molecule has 3 N–H and O–H groups in total. The summed E-state index contributed by atoms with van der Waals surface area (Å²) in [4.78, 5) is 37.6. The quantitative estimate of drug-likeness (QED) is 0.576. The maximum absolute atomic E-state index is 12.7. The number of amides is 3. The van der Waals surface area contributed by atoms with Gasteiger partial charge in [-0.1, -0.05) is 38.5 Å². The van der Waals surface area contributed by atoms with Gasteiger partial charge in [0.15, 0.2) is 0 Å². The molecule has 160 valence electrons. The lowest BCUT2D eigenvalue weighted by atomic mass is 9.98. The first-order valence-corrected chi connectivity index (χ1v) is 9.58. The van der Waals surface area contributed by atoms with Crippen molar-refractivity contribution in [3.05, 3.63) is 59.7 Å². The summed E-state index contributed by atoms with van der Waals surface area (Å²) in [6.07, 6.45) is 0.661. The summed E-state index contributed by atoms with van der Waals surface area (Å²) in [6, 6.07) is 12.5.